The Labute approximate surface area is 322 Å². The second-order valence-electron chi connectivity index (χ2n) is 12.5. The van der Waals surface area contributed by atoms with Crippen molar-refractivity contribution < 1.29 is 26.7 Å². The fourth-order valence-electron chi connectivity index (χ4n) is 4.77. The number of aryl methyl sites for hydroxylation is 1. The van der Waals surface area contributed by atoms with E-state index in [0.29, 0.717) is 0 Å². The molecule has 1 heterocycles. The molecule has 54 heavy (non-hydrogen) atoms. The summed E-state index contributed by atoms with van der Waals surface area (Å²) in [5.41, 5.74) is 0.963. The molecule has 1 aliphatic heterocycles. The predicted octanol–water partition coefficient (Wildman–Crippen LogP) is 15.1. The summed E-state index contributed by atoms with van der Waals surface area (Å²) in [4.78, 5) is 0. The molecular formula is C48H59F5O. The van der Waals surface area contributed by atoms with E-state index in [-0.39, 0.29) is 17.5 Å². The summed E-state index contributed by atoms with van der Waals surface area (Å²) in [6, 6.07) is 39.4. The number of ether oxygens (including phenoxy) is 1. The van der Waals surface area contributed by atoms with Crippen LogP contribution in [-0.4, -0.2) is 13.2 Å². The Morgan fingerprint density at radius 3 is 0.889 bits per heavy atom. The topological polar surface area (TPSA) is 9.23 Å². The van der Waals surface area contributed by atoms with E-state index >= 15 is 0 Å². The zero-order chi connectivity index (χ0) is 39.2. The van der Waals surface area contributed by atoms with Crippen LogP contribution in [-0.2, 0) is 4.74 Å². The van der Waals surface area contributed by atoms with Crippen molar-refractivity contribution >= 4 is 0 Å². The van der Waals surface area contributed by atoms with Crippen molar-refractivity contribution in [3.63, 3.8) is 0 Å². The maximum absolute atomic E-state index is 12.2. The SMILES string of the molecule is C1=CCCCC1.C1CCCCC1.C1CCOCC1.Cc1cccc(F)c1.Fc1ccccc1.Fc1ccccc1.Fc1ccccc1F.c1ccccc1. The first-order chi connectivity index (χ1) is 26.4. The molecule has 292 valence electrons. The lowest BCUT2D eigenvalue weighted by Gasteiger charge is -2.08. The van der Waals surface area contributed by atoms with Crippen molar-refractivity contribution in [2.24, 2.45) is 0 Å². The zero-order valence-electron chi connectivity index (χ0n) is 31.9. The van der Waals surface area contributed by atoms with Gasteiger partial charge in [-0.05, 0) is 106 Å². The van der Waals surface area contributed by atoms with E-state index in [1.807, 2.05) is 49.4 Å². The van der Waals surface area contributed by atoms with Crippen LogP contribution >= 0.6 is 0 Å². The molecule has 5 aromatic rings. The Bertz CT molecular complexity index is 1380. The summed E-state index contributed by atoms with van der Waals surface area (Å²) < 4.78 is 64.9. The van der Waals surface area contributed by atoms with Crippen LogP contribution in [0.4, 0.5) is 22.0 Å². The molecule has 0 spiro atoms. The average Bonchev–Trinajstić information content (AvgIpc) is 3.24. The van der Waals surface area contributed by atoms with Gasteiger partial charge in [0.1, 0.15) is 17.5 Å². The lowest BCUT2D eigenvalue weighted by Crippen LogP contribution is -2.03. The molecule has 5 aromatic carbocycles. The maximum atomic E-state index is 12.2. The van der Waals surface area contributed by atoms with E-state index in [0.717, 1.165) is 30.9 Å². The van der Waals surface area contributed by atoms with E-state index in [2.05, 4.69) is 12.2 Å². The Kier molecular flexibility index (Phi) is 31.2. The first-order valence-corrected chi connectivity index (χ1v) is 19.1. The smallest absolute Gasteiger partial charge is 0.158 e. The van der Waals surface area contributed by atoms with Gasteiger partial charge in [-0.1, -0.05) is 148 Å². The van der Waals surface area contributed by atoms with Crippen LogP contribution in [0.2, 0.25) is 0 Å². The number of benzene rings is 5. The van der Waals surface area contributed by atoms with Gasteiger partial charge in [0.25, 0.3) is 0 Å². The molecule has 0 atom stereocenters. The van der Waals surface area contributed by atoms with Crippen LogP contribution < -0.4 is 0 Å². The summed E-state index contributed by atoms with van der Waals surface area (Å²) in [6.45, 7) is 3.86. The Morgan fingerprint density at radius 1 is 0.352 bits per heavy atom. The molecule has 1 saturated heterocycles. The predicted molar refractivity (Wildman–Crippen MR) is 217 cm³/mol. The molecular weight excluding hydrogens is 688 g/mol. The van der Waals surface area contributed by atoms with Crippen molar-refractivity contribution in [2.75, 3.05) is 13.2 Å². The largest absolute Gasteiger partial charge is 0.381 e. The molecule has 0 aromatic heterocycles. The van der Waals surface area contributed by atoms with Gasteiger partial charge in [0.2, 0.25) is 0 Å². The van der Waals surface area contributed by atoms with E-state index in [9.17, 15) is 22.0 Å². The van der Waals surface area contributed by atoms with Gasteiger partial charge in [0.05, 0.1) is 0 Å². The monoisotopic (exact) mass is 746 g/mol. The molecule has 0 unspecified atom stereocenters. The Hall–Kier alpha value is -4.55. The van der Waals surface area contributed by atoms with Gasteiger partial charge in [-0.3, -0.25) is 0 Å². The molecule has 0 amide bonds. The molecule has 3 aliphatic rings. The van der Waals surface area contributed by atoms with Crippen molar-refractivity contribution in [1.29, 1.82) is 0 Å². The fourth-order valence-corrected chi connectivity index (χ4v) is 4.77. The first kappa shape index (κ1) is 47.5. The third kappa shape index (κ3) is 32.1. The van der Waals surface area contributed by atoms with Gasteiger partial charge in [0.15, 0.2) is 11.6 Å². The quantitative estimate of drug-likeness (QED) is 0.113. The van der Waals surface area contributed by atoms with Gasteiger partial charge in [0, 0.05) is 13.2 Å². The molecule has 1 nitrogen and oxygen atoms in total. The van der Waals surface area contributed by atoms with Crippen LogP contribution in [0, 0.1) is 36.0 Å². The van der Waals surface area contributed by atoms with E-state index in [1.54, 1.807) is 42.5 Å². The molecule has 6 heteroatoms. The highest BCUT2D eigenvalue weighted by atomic mass is 19.2. The molecule has 2 fully saturated rings. The summed E-state index contributed by atoms with van der Waals surface area (Å²) in [6.07, 6.45) is 22.9. The van der Waals surface area contributed by atoms with Gasteiger partial charge in [-0.2, -0.15) is 0 Å². The van der Waals surface area contributed by atoms with Gasteiger partial charge < -0.3 is 4.74 Å². The first-order valence-electron chi connectivity index (χ1n) is 19.1. The van der Waals surface area contributed by atoms with Crippen LogP contribution in [0.5, 0.6) is 0 Å². The van der Waals surface area contributed by atoms with Crippen molar-refractivity contribution in [3.05, 3.63) is 192 Å². The second-order valence-corrected chi connectivity index (χ2v) is 12.5. The highest BCUT2D eigenvalue weighted by Crippen LogP contribution is 2.15. The van der Waals surface area contributed by atoms with Gasteiger partial charge in [-0.25, -0.2) is 22.0 Å². The van der Waals surface area contributed by atoms with Gasteiger partial charge >= 0.3 is 0 Å². The average molecular weight is 747 g/mol. The minimum Gasteiger partial charge on any atom is -0.381 e. The van der Waals surface area contributed by atoms with E-state index in [1.165, 1.54) is 132 Å². The van der Waals surface area contributed by atoms with Crippen LogP contribution in [0.1, 0.15) is 89.0 Å². The zero-order valence-corrected chi connectivity index (χ0v) is 31.9. The second kappa shape index (κ2) is 35.5. The van der Waals surface area contributed by atoms with Crippen LogP contribution in [0.15, 0.2) is 158 Å². The molecule has 0 N–H and O–H groups in total. The van der Waals surface area contributed by atoms with Crippen molar-refractivity contribution in [3.8, 4) is 0 Å². The van der Waals surface area contributed by atoms with Crippen molar-refractivity contribution in [2.45, 2.75) is 90.4 Å². The normalized spacial score (nSPS) is 13.6. The molecule has 2 aliphatic carbocycles. The summed E-state index contributed by atoms with van der Waals surface area (Å²) in [7, 11) is 0. The maximum Gasteiger partial charge on any atom is 0.158 e. The van der Waals surface area contributed by atoms with Crippen LogP contribution in [0.3, 0.4) is 0 Å². The highest BCUT2D eigenvalue weighted by Gasteiger charge is 1.96. The highest BCUT2D eigenvalue weighted by molar-refractivity contribution is 5.13. The summed E-state index contributed by atoms with van der Waals surface area (Å²) in [5, 5.41) is 0. The van der Waals surface area contributed by atoms with Crippen molar-refractivity contribution in [1.82, 2.24) is 0 Å². The summed E-state index contributed by atoms with van der Waals surface area (Å²) >= 11 is 0. The number of rotatable bonds is 0. The Morgan fingerprint density at radius 2 is 0.685 bits per heavy atom. The third-order valence-corrected chi connectivity index (χ3v) is 7.67. The van der Waals surface area contributed by atoms with Gasteiger partial charge in [-0.15, -0.1) is 0 Å². The summed E-state index contributed by atoms with van der Waals surface area (Å²) in [5.74, 6) is -2.12. The Balaban J connectivity index is 0.000000309. The number of allylic oxidation sites excluding steroid dienone is 2. The fraction of sp³-hybridized carbons (Fsp3) is 0.333. The molecule has 1 saturated carbocycles. The number of hydrogen-bond donors (Lipinski definition) is 0. The molecule has 0 bridgehead atoms. The lowest BCUT2D eigenvalue weighted by atomic mass is 10.0. The van der Waals surface area contributed by atoms with E-state index < -0.39 is 11.6 Å². The lowest BCUT2D eigenvalue weighted by molar-refractivity contribution is 0.0968. The standard InChI is InChI=1S/C7H7F.C6H4F2.2C6H5F.C6H12.C6H10.C6H6.C5H10O/c1-6-3-2-4-7(8)5-6;7-5-3-1-2-4-6(5)8;2*7-6-4-2-1-3-5-6;4*1-2-4-6-5-3-1/h2-5H,1H3;1-4H;2*1-5H;1-6H2;1-2H,3-6H2;1-6H;1-5H2. The minimum atomic E-state index is -0.799. The minimum absolute atomic E-state index is 0.162. The molecule has 8 rings (SSSR count). The van der Waals surface area contributed by atoms with Crippen LogP contribution in [0.25, 0.3) is 0 Å². The number of halogens is 5. The third-order valence-electron chi connectivity index (χ3n) is 7.67. The van der Waals surface area contributed by atoms with E-state index in [4.69, 9.17) is 4.74 Å². The molecule has 0 radical (unpaired) electrons. The number of hydrogen-bond acceptors (Lipinski definition) is 1.